The Morgan fingerprint density at radius 2 is 1.70 bits per heavy atom. The van der Waals surface area contributed by atoms with Crippen molar-refractivity contribution in [2.75, 3.05) is 13.1 Å². The highest BCUT2D eigenvalue weighted by Gasteiger charge is 2.47. The molecule has 128 valence electrons. The summed E-state index contributed by atoms with van der Waals surface area (Å²) in [6.45, 7) is 10.4. The summed E-state index contributed by atoms with van der Waals surface area (Å²) in [6, 6.07) is 7.29. The summed E-state index contributed by atoms with van der Waals surface area (Å²) in [4.78, 5) is 14.0. The number of likely N-dealkylation sites (tertiary alicyclic amines) is 1. The molecule has 0 spiro atoms. The van der Waals surface area contributed by atoms with Gasteiger partial charge >= 0.3 is 6.09 Å². The first-order chi connectivity index (χ1) is 10.5. The Hall–Kier alpha value is -1.26. The maximum Gasteiger partial charge on any atom is 0.410 e. The summed E-state index contributed by atoms with van der Waals surface area (Å²) >= 11 is 5.94. The van der Waals surface area contributed by atoms with Crippen molar-refractivity contribution >= 4 is 17.7 Å². The van der Waals surface area contributed by atoms with Crippen LogP contribution in [0, 0.1) is 11.8 Å². The van der Waals surface area contributed by atoms with Crippen LogP contribution < -0.4 is 0 Å². The van der Waals surface area contributed by atoms with Crippen LogP contribution in [0.25, 0.3) is 0 Å². The normalized spacial score (nSPS) is 28.6. The standard InChI is InChI=1S/C18H26ClNO3/c1-12-10-20(16(21)23-17(3,4)5)11-13(2)18(12,22)14-6-8-15(19)9-7-14/h6-9,12-13,22H,10-11H2,1-5H3/t12-,13+,18?. The highest BCUT2D eigenvalue weighted by Crippen LogP contribution is 2.41. The average Bonchev–Trinajstić information content (AvgIpc) is 2.43. The van der Waals surface area contributed by atoms with Gasteiger partial charge in [-0.05, 0) is 38.5 Å². The zero-order valence-corrected chi connectivity index (χ0v) is 15.2. The van der Waals surface area contributed by atoms with Crippen molar-refractivity contribution in [3.63, 3.8) is 0 Å². The van der Waals surface area contributed by atoms with Gasteiger partial charge in [0, 0.05) is 29.9 Å². The molecule has 1 aliphatic heterocycles. The lowest BCUT2D eigenvalue weighted by Crippen LogP contribution is -2.56. The van der Waals surface area contributed by atoms with E-state index in [9.17, 15) is 9.90 Å². The van der Waals surface area contributed by atoms with Gasteiger partial charge < -0.3 is 14.7 Å². The Labute approximate surface area is 143 Å². The van der Waals surface area contributed by atoms with E-state index in [4.69, 9.17) is 16.3 Å². The van der Waals surface area contributed by atoms with Gasteiger partial charge in [-0.15, -0.1) is 0 Å². The van der Waals surface area contributed by atoms with Gasteiger partial charge in [0.2, 0.25) is 0 Å². The molecule has 3 atom stereocenters. The fraction of sp³-hybridized carbons (Fsp3) is 0.611. The monoisotopic (exact) mass is 339 g/mol. The fourth-order valence-corrected chi connectivity index (χ4v) is 3.39. The zero-order valence-electron chi connectivity index (χ0n) is 14.5. The Bertz CT molecular complexity index is 553. The number of benzene rings is 1. The third-order valence-electron chi connectivity index (χ3n) is 4.45. The second kappa shape index (κ2) is 6.33. The zero-order chi connectivity index (χ0) is 17.4. The van der Waals surface area contributed by atoms with Gasteiger partial charge in [-0.1, -0.05) is 37.6 Å². The minimum absolute atomic E-state index is 0.111. The SMILES string of the molecule is C[C@@H]1CN(C(=O)OC(C)(C)C)C[C@H](C)C1(O)c1ccc(Cl)cc1. The van der Waals surface area contributed by atoms with Crippen LogP contribution in [0.2, 0.25) is 5.02 Å². The predicted molar refractivity (Wildman–Crippen MR) is 91.5 cm³/mol. The Morgan fingerprint density at radius 1 is 1.22 bits per heavy atom. The van der Waals surface area contributed by atoms with Crippen molar-refractivity contribution in [2.24, 2.45) is 11.8 Å². The van der Waals surface area contributed by atoms with Crippen LogP contribution in [-0.4, -0.2) is 34.8 Å². The molecule has 23 heavy (non-hydrogen) atoms. The minimum atomic E-state index is -0.983. The van der Waals surface area contributed by atoms with E-state index in [-0.39, 0.29) is 17.9 Å². The lowest BCUT2D eigenvalue weighted by Gasteiger charge is -2.48. The molecule has 5 heteroatoms. The molecule has 2 rings (SSSR count). The minimum Gasteiger partial charge on any atom is -0.444 e. The van der Waals surface area contributed by atoms with Crippen molar-refractivity contribution in [1.29, 1.82) is 0 Å². The fourth-order valence-electron chi connectivity index (χ4n) is 3.26. The molecule has 1 unspecified atom stereocenters. The van der Waals surface area contributed by atoms with Gasteiger partial charge in [0.25, 0.3) is 0 Å². The summed E-state index contributed by atoms with van der Waals surface area (Å²) < 4.78 is 5.45. The van der Waals surface area contributed by atoms with Crippen molar-refractivity contribution < 1.29 is 14.6 Å². The van der Waals surface area contributed by atoms with E-state index in [0.29, 0.717) is 18.1 Å². The van der Waals surface area contributed by atoms with Crippen molar-refractivity contribution in [2.45, 2.75) is 45.8 Å². The number of hydrogen-bond donors (Lipinski definition) is 1. The number of carbonyl (C=O) groups is 1. The van der Waals surface area contributed by atoms with E-state index < -0.39 is 11.2 Å². The van der Waals surface area contributed by atoms with Crippen LogP contribution in [0.1, 0.15) is 40.2 Å². The highest BCUT2D eigenvalue weighted by molar-refractivity contribution is 6.30. The van der Waals surface area contributed by atoms with Crippen LogP contribution in [-0.2, 0) is 10.3 Å². The molecular weight excluding hydrogens is 314 g/mol. The molecule has 1 saturated heterocycles. The van der Waals surface area contributed by atoms with Gasteiger partial charge in [-0.2, -0.15) is 0 Å². The summed E-state index contributed by atoms with van der Waals surface area (Å²) in [6.07, 6.45) is -0.325. The van der Waals surface area contributed by atoms with Crippen molar-refractivity contribution in [3.05, 3.63) is 34.9 Å². The van der Waals surface area contributed by atoms with Gasteiger partial charge in [0.15, 0.2) is 0 Å². The molecule has 0 aromatic heterocycles. The van der Waals surface area contributed by atoms with Gasteiger partial charge in [-0.25, -0.2) is 4.79 Å². The van der Waals surface area contributed by atoms with Crippen LogP contribution >= 0.6 is 11.6 Å². The molecule has 1 N–H and O–H groups in total. The lowest BCUT2D eigenvalue weighted by molar-refractivity contribution is -0.111. The first-order valence-corrected chi connectivity index (χ1v) is 8.38. The topological polar surface area (TPSA) is 49.8 Å². The maximum absolute atomic E-state index is 12.3. The number of hydrogen-bond acceptors (Lipinski definition) is 3. The van der Waals surface area contributed by atoms with E-state index in [1.54, 1.807) is 17.0 Å². The molecule has 4 nitrogen and oxygen atoms in total. The molecule has 1 aromatic carbocycles. The van der Waals surface area contributed by atoms with E-state index in [2.05, 4.69) is 0 Å². The number of nitrogens with zero attached hydrogens (tertiary/aromatic N) is 1. The van der Waals surface area contributed by atoms with E-state index >= 15 is 0 Å². The van der Waals surface area contributed by atoms with E-state index in [0.717, 1.165) is 5.56 Å². The van der Waals surface area contributed by atoms with Crippen LogP contribution in [0.15, 0.2) is 24.3 Å². The van der Waals surface area contributed by atoms with Gasteiger partial charge in [0.1, 0.15) is 5.60 Å². The Kier molecular flexibility index (Phi) is 4.97. The van der Waals surface area contributed by atoms with Crippen LogP contribution in [0.3, 0.4) is 0 Å². The number of carbonyl (C=O) groups excluding carboxylic acids is 1. The number of aliphatic hydroxyl groups is 1. The summed E-state index contributed by atoms with van der Waals surface area (Å²) in [7, 11) is 0. The first-order valence-electron chi connectivity index (χ1n) is 8.00. The lowest BCUT2D eigenvalue weighted by atomic mass is 9.71. The highest BCUT2D eigenvalue weighted by atomic mass is 35.5. The molecule has 0 radical (unpaired) electrons. The van der Waals surface area contributed by atoms with Crippen molar-refractivity contribution in [3.8, 4) is 0 Å². The smallest absolute Gasteiger partial charge is 0.410 e. The second-order valence-electron chi connectivity index (χ2n) is 7.52. The summed E-state index contributed by atoms with van der Waals surface area (Å²) in [5.41, 5.74) is -0.665. The molecule has 1 amide bonds. The second-order valence-corrected chi connectivity index (χ2v) is 7.96. The molecule has 1 aromatic rings. The van der Waals surface area contributed by atoms with Crippen LogP contribution in [0.5, 0.6) is 0 Å². The number of rotatable bonds is 1. The Balaban J connectivity index is 2.19. The van der Waals surface area contributed by atoms with Gasteiger partial charge in [-0.3, -0.25) is 0 Å². The molecule has 1 heterocycles. The third kappa shape index (κ3) is 3.81. The molecule has 1 fully saturated rings. The average molecular weight is 340 g/mol. The van der Waals surface area contributed by atoms with Gasteiger partial charge in [0.05, 0.1) is 5.60 Å². The maximum atomic E-state index is 12.3. The number of ether oxygens (including phenoxy) is 1. The summed E-state index contributed by atoms with van der Waals surface area (Å²) in [5, 5.41) is 11.9. The predicted octanol–water partition coefficient (Wildman–Crippen LogP) is 4.05. The number of halogens is 1. The molecule has 0 aliphatic carbocycles. The quantitative estimate of drug-likeness (QED) is 0.839. The molecule has 1 aliphatic rings. The Morgan fingerprint density at radius 3 is 2.13 bits per heavy atom. The largest absolute Gasteiger partial charge is 0.444 e. The first kappa shape index (κ1) is 18.1. The van der Waals surface area contributed by atoms with Crippen LogP contribution in [0.4, 0.5) is 4.79 Å². The third-order valence-corrected chi connectivity index (χ3v) is 4.70. The van der Waals surface area contributed by atoms with E-state index in [1.165, 1.54) is 0 Å². The van der Waals surface area contributed by atoms with Crippen molar-refractivity contribution in [1.82, 2.24) is 4.90 Å². The number of piperidine rings is 1. The molecule has 0 saturated carbocycles. The summed E-state index contributed by atoms with van der Waals surface area (Å²) in [5.74, 6) is -0.222. The molecule has 0 bridgehead atoms. The number of amides is 1. The molecular formula is C18H26ClNO3. The van der Waals surface area contributed by atoms with E-state index in [1.807, 2.05) is 46.8 Å².